The van der Waals surface area contributed by atoms with Gasteiger partial charge in [-0.15, -0.1) is 0 Å². The molecule has 2 amide bonds. The summed E-state index contributed by atoms with van der Waals surface area (Å²) in [5.41, 5.74) is -0.484. The Kier molecular flexibility index (Phi) is 5.87. The van der Waals surface area contributed by atoms with Gasteiger partial charge in [0, 0.05) is 57.1 Å². The molecule has 4 rings (SSSR count). The van der Waals surface area contributed by atoms with E-state index in [9.17, 15) is 23.5 Å². The number of piperazine rings is 1. The number of amides is 2. The molecular weight excluding hydrogens is 434 g/mol. The average molecular weight is 463 g/mol. The van der Waals surface area contributed by atoms with Gasteiger partial charge in [-0.25, -0.2) is 13.8 Å². The highest BCUT2D eigenvalue weighted by Gasteiger charge is 2.53. The molecule has 2 fully saturated rings. The maximum Gasteiger partial charge on any atom is 0.249 e. The van der Waals surface area contributed by atoms with Gasteiger partial charge >= 0.3 is 0 Å². The molecule has 3 heterocycles. The van der Waals surface area contributed by atoms with Gasteiger partial charge in [-0.2, -0.15) is 0 Å². The van der Waals surface area contributed by atoms with Gasteiger partial charge in [-0.1, -0.05) is 0 Å². The van der Waals surface area contributed by atoms with Crippen molar-refractivity contribution in [3.63, 3.8) is 0 Å². The first-order chi connectivity index (χ1) is 15.5. The first kappa shape index (κ1) is 23.1. The smallest absolute Gasteiger partial charge is 0.249 e. The van der Waals surface area contributed by atoms with Gasteiger partial charge < -0.3 is 24.8 Å². The lowest BCUT2D eigenvalue weighted by molar-refractivity contribution is -0.133. The van der Waals surface area contributed by atoms with Crippen LogP contribution in [0.1, 0.15) is 32.4 Å². The van der Waals surface area contributed by atoms with E-state index in [1.165, 1.54) is 19.1 Å². The van der Waals surface area contributed by atoms with E-state index < -0.39 is 28.9 Å². The minimum absolute atomic E-state index is 0.0500. The number of carbonyl (C=O) groups is 2. The lowest BCUT2D eigenvalue weighted by Gasteiger charge is -2.41. The Hall–Kier alpha value is -3.05. The van der Waals surface area contributed by atoms with Gasteiger partial charge in [-0.3, -0.25) is 14.9 Å². The van der Waals surface area contributed by atoms with E-state index in [4.69, 9.17) is 0 Å². The molecule has 1 aromatic heterocycles. The summed E-state index contributed by atoms with van der Waals surface area (Å²) in [7, 11) is 1.77. The Morgan fingerprint density at radius 2 is 1.97 bits per heavy atom. The van der Waals surface area contributed by atoms with Crippen LogP contribution in [-0.4, -0.2) is 62.9 Å². The zero-order valence-corrected chi connectivity index (χ0v) is 18.8. The third-order valence-electron chi connectivity index (χ3n) is 6.22. The highest BCUT2D eigenvalue weighted by molar-refractivity contribution is 5.90. The fourth-order valence-electron chi connectivity index (χ4n) is 4.67. The first-order valence-corrected chi connectivity index (χ1v) is 10.8. The van der Waals surface area contributed by atoms with Gasteiger partial charge in [0.15, 0.2) is 5.85 Å². The molecule has 3 N–H and O–H groups in total. The Morgan fingerprint density at radius 3 is 2.52 bits per heavy atom. The van der Waals surface area contributed by atoms with Crippen molar-refractivity contribution in [2.75, 3.05) is 24.5 Å². The van der Waals surface area contributed by atoms with Crippen molar-refractivity contribution in [2.24, 2.45) is 7.05 Å². The number of aryl methyl sites for hydroxylation is 1. The van der Waals surface area contributed by atoms with Crippen LogP contribution in [0.4, 0.5) is 14.5 Å². The van der Waals surface area contributed by atoms with E-state index in [1.807, 2.05) is 11.8 Å². The maximum atomic E-state index is 13.6. The van der Waals surface area contributed by atoms with Crippen molar-refractivity contribution >= 4 is 17.5 Å². The number of imidazole rings is 1. The lowest BCUT2D eigenvalue weighted by Crippen LogP contribution is -2.54. The summed E-state index contributed by atoms with van der Waals surface area (Å²) in [5.74, 6) is -3.52. The number of aromatic nitrogens is 2. The van der Waals surface area contributed by atoms with Crippen molar-refractivity contribution in [1.29, 1.82) is 0 Å². The molecule has 2 aliphatic heterocycles. The predicted molar refractivity (Wildman–Crippen MR) is 116 cm³/mol. The molecule has 2 aromatic rings. The summed E-state index contributed by atoms with van der Waals surface area (Å²) in [4.78, 5) is 33.7. The second-order valence-corrected chi connectivity index (χ2v) is 8.99. The van der Waals surface area contributed by atoms with Crippen LogP contribution in [0.15, 0.2) is 30.7 Å². The van der Waals surface area contributed by atoms with Crippen molar-refractivity contribution in [3.05, 3.63) is 48.1 Å². The van der Waals surface area contributed by atoms with Crippen LogP contribution in [0.3, 0.4) is 0 Å². The summed E-state index contributed by atoms with van der Waals surface area (Å²) in [6.07, 6.45) is 3.39. The summed E-state index contributed by atoms with van der Waals surface area (Å²) < 4.78 is 29.0. The molecule has 2 unspecified atom stereocenters. The fraction of sp³-hybridized carbons (Fsp3) is 0.500. The van der Waals surface area contributed by atoms with Crippen LogP contribution in [0.2, 0.25) is 0 Å². The van der Waals surface area contributed by atoms with Gasteiger partial charge in [0.05, 0.1) is 12.0 Å². The van der Waals surface area contributed by atoms with Crippen LogP contribution in [0.25, 0.3) is 0 Å². The van der Waals surface area contributed by atoms with Crippen LogP contribution < -0.4 is 15.5 Å². The molecule has 1 aromatic carbocycles. The van der Waals surface area contributed by atoms with Crippen LogP contribution >= 0.6 is 0 Å². The molecule has 9 nitrogen and oxygen atoms in total. The van der Waals surface area contributed by atoms with E-state index in [-0.39, 0.29) is 24.8 Å². The quantitative estimate of drug-likeness (QED) is 0.608. The average Bonchev–Trinajstić information content (AvgIpc) is 3.25. The minimum atomic E-state index is -1.63. The standard InChI is InChI=1S/C22H28F2N6O3/c1-14-11-29(6-7-30(14)17-9-15(23)8-16(24)10-17)19(31)4-5-22(18-12-28(3)13-25-18)20(32)26-21(2,33)27-22/h8-10,12-14,27,33H,4-7,11H2,1-3H3,(H,26,32)/t14-,21?,22?/m0/s1. The number of anilines is 1. The highest BCUT2D eigenvalue weighted by Crippen LogP contribution is 2.33. The molecular formula is C22H28F2N6O3. The molecule has 0 spiro atoms. The Labute approximate surface area is 190 Å². The molecule has 11 heteroatoms. The number of carbonyl (C=O) groups excluding carboxylic acids is 2. The fourth-order valence-corrected chi connectivity index (χ4v) is 4.67. The molecule has 3 atom stereocenters. The van der Waals surface area contributed by atoms with Crippen molar-refractivity contribution < 1.29 is 23.5 Å². The van der Waals surface area contributed by atoms with Gasteiger partial charge in [-0.05, 0) is 32.4 Å². The van der Waals surface area contributed by atoms with Crippen molar-refractivity contribution in [3.8, 4) is 0 Å². The third kappa shape index (κ3) is 4.55. The van der Waals surface area contributed by atoms with Gasteiger partial charge in [0.1, 0.15) is 17.2 Å². The first-order valence-electron chi connectivity index (χ1n) is 10.8. The zero-order chi connectivity index (χ0) is 24.0. The number of hydrogen-bond acceptors (Lipinski definition) is 6. The normalized spacial score (nSPS) is 27.7. The van der Waals surface area contributed by atoms with E-state index in [1.54, 1.807) is 29.0 Å². The number of halogens is 2. The van der Waals surface area contributed by atoms with Crippen LogP contribution in [0.5, 0.6) is 0 Å². The lowest BCUT2D eigenvalue weighted by atomic mass is 9.89. The monoisotopic (exact) mass is 462 g/mol. The molecule has 0 saturated carbocycles. The predicted octanol–water partition coefficient (Wildman–Crippen LogP) is 0.797. The molecule has 0 aliphatic carbocycles. The van der Waals surface area contributed by atoms with Crippen LogP contribution in [0, 0.1) is 11.6 Å². The summed E-state index contributed by atoms with van der Waals surface area (Å²) in [6, 6.07) is 3.24. The number of nitrogens with one attached hydrogen (secondary N) is 2. The zero-order valence-electron chi connectivity index (χ0n) is 18.8. The SMILES string of the molecule is C[C@H]1CN(C(=O)CCC2(c3cn(C)cn3)NC(C)(O)NC2=O)CCN1c1cc(F)cc(F)c1. The molecule has 0 bridgehead atoms. The number of benzene rings is 1. The molecule has 2 saturated heterocycles. The number of hydrogen-bond donors (Lipinski definition) is 3. The van der Waals surface area contributed by atoms with Crippen molar-refractivity contribution in [2.45, 2.75) is 44.1 Å². The molecule has 2 aliphatic rings. The second kappa shape index (κ2) is 8.38. The number of aliphatic hydroxyl groups is 1. The van der Waals surface area contributed by atoms with E-state index in [2.05, 4.69) is 15.6 Å². The maximum absolute atomic E-state index is 13.6. The van der Waals surface area contributed by atoms with E-state index >= 15 is 0 Å². The minimum Gasteiger partial charge on any atom is -0.365 e. The third-order valence-corrected chi connectivity index (χ3v) is 6.22. The van der Waals surface area contributed by atoms with E-state index in [0.29, 0.717) is 31.0 Å². The Morgan fingerprint density at radius 1 is 1.27 bits per heavy atom. The van der Waals surface area contributed by atoms with Crippen molar-refractivity contribution in [1.82, 2.24) is 25.1 Å². The number of nitrogens with zero attached hydrogens (tertiary/aromatic N) is 4. The summed E-state index contributed by atoms with van der Waals surface area (Å²) >= 11 is 0. The Balaban J connectivity index is 1.44. The molecule has 33 heavy (non-hydrogen) atoms. The topological polar surface area (TPSA) is 103 Å². The second-order valence-electron chi connectivity index (χ2n) is 8.99. The summed E-state index contributed by atoms with van der Waals surface area (Å²) in [6.45, 7) is 4.50. The molecule has 0 radical (unpaired) electrons. The molecule has 178 valence electrons. The van der Waals surface area contributed by atoms with Gasteiger partial charge in [0.25, 0.3) is 0 Å². The summed E-state index contributed by atoms with van der Waals surface area (Å²) in [5, 5.41) is 15.8. The van der Waals surface area contributed by atoms with E-state index in [0.717, 1.165) is 6.07 Å². The largest absolute Gasteiger partial charge is 0.365 e. The Bertz CT molecular complexity index is 1050. The number of rotatable bonds is 5. The van der Waals surface area contributed by atoms with Crippen LogP contribution in [-0.2, 0) is 22.2 Å². The highest BCUT2D eigenvalue weighted by atomic mass is 19.1. The van der Waals surface area contributed by atoms with Gasteiger partial charge in [0.2, 0.25) is 11.8 Å².